The maximum Gasteiger partial charge on any atom is 0.261 e. The minimum atomic E-state index is -0.770. The number of carbonyl (C=O) groups is 2. The maximum atomic E-state index is 13.6. The number of rotatable bonds is 12. The number of ether oxygens (including phenoxy) is 1. The van der Waals surface area contributed by atoms with Crippen LogP contribution in [-0.2, 0) is 29.0 Å². The predicted molar refractivity (Wildman–Crippen MR) is 148 cm³/mol. The first-order chi connectivity index (χ1) is 17.8. The van der Waals surface area contributed by atoms with Gasteiger partial charge < -0.3 is 15.0 Å². The molecule has 3 aromatic rings. The van der Waals surface area contributed by atoms with E-state index in [1.807, 2.05) is 62.4 Å². The molecule has 37 heavy (non-hydrogen) atoms. The number of hydrogen-bond donors (Lipinski definition) is 1. The topological polar surface area (TPSA) is 58.6 Å². The second-order valence-corrected chi connectivity index (χ2v) is 10.3. The molecule has 196 valence electrons. The zero-order valence-electron chi connectivity index (χ0n) is 21.5. The van der Waals surface area contributed by atoms with E-state index in [-0.39, 0.29) is 36.7 Å². The Morgan fingerprint density at radius 3 is 2.27 bits per heavy atom. The van der Waals surface area contributed by atoms with Crippen molar-refractivity contribution in [1.82, 2.24) is 10.2 Å². The van der Waals surface area contributed by atoms with Crippen LogP contribution in [0.15, 0.2) is 77.3 Å². The number of hydrogen-bond acceptors (Lipinski definition) is 3. The number of aryl methyl sites for hydroxylation is 1. The van der Waals surface area contributed by atoms with Gasteiger partial charge in [-0.3, -0.25) is 9.59 Å². The van der Waals surface area contributed by atoms with Gasteiger partial charge in [0.1, 0.15) is 17.6 Å². The Hall–Kier alpha value is -3.19. The number of benzene rings is 3. The summed E-state index contributed by atoms with van der Waals surface area (Å²) in [5.41, 5.74) is 2.80. The standard InChI is InChI=1S/C30H34BrFN2O3/c1-4-22-12-15-28(26(31)16-22)37-20-29(35)34(19-24-10-13-25(32)14-11-24)27(30(36)33-18-21(2)3)17-23-8-6-5-7-9-23/h5-16,21,27H,4,17-20H2,1-3H3,(H,33,36)/t27-/m1/s1. The summed E-state index contributed by atoms with van der Waals surface area (Å²) in [4.78, 5) is 28.6. The lowest BCUT2D eigenvalue weighted by Crippen LogP contribution is -2.52. The molecule has 0 aromatic heterocycles. The number of nitrogens with one attached hydrogen (secondary N) is 1. The normalized spacial score (nSPS) is 11.7. The van der Waals surface area contributed by atoms with Gasteiger partial charge in [-0.2, -0.15) is 0 Å². The van der Waals surface area contributed by atoms with Crippen LogP contribution >= 0.6 is 15.9 Å². The van der Waals surface area contributed by atoms with Crippen molar-refractivity contribution in [3.8, 4) is 5.75 Å². The van der Waals surface area contributed by atoms with Gasteiger partial charge in [-0.05, 0) is 69.2 Å². The van der Waals surface area contributed by atoms with E-state index in [2.05, 4.69) is 28.2 Å². The fraction of sp³-hybridized carbons (Fsp3) is 0.333. The molecule has 5 nitrogen and oxygen atoms in total. The fourth-order valence-electron chi connectivity index (χ4n) is 3.87. The minimum absolute atomic E-state index is 0.144. The van der Waals surface area contributed by atoms with E-state index < -0.39 is 6.04 Å². The monoisotopic (exact) mass is 568 g/mol. The molecule has 0 spiro atoms. The van der Waals surface area contributed by atoms with Crippen LogP contribution in [0.3, 0.4) is 0 Å². The lowest BCUT2D eigenvalue weighted by Gasteiger charge is -2.31. The molecular weight excluding hydrogens is 535 g/mol. The van der Waals surface area contributed by atoms with E-state index in [0.717, 1.165) is 27.6 Å². The predicted octanol–water partition coefficient (Wildman–Crippen LogP) is 5.94. The van der Waals surface area contributed by atoms with Crippen molar-refractivity contribution in [1.29, 1.82) is 0 Å². The largest absolute Gasteiger partial charge is 0.483 e. The minimum Gasteiger partial charge on any atom is -0.483 e. The Kier molecular flexibility index (Phi) is 10.7. The molecule has 0 radical (unpaired) electrons. The van der Waals surface area contributed by atoms with E-state index in [0.29, 0.717) is 18.7 Å². The van der Waals surface area contributed by atoms with Crippen LogP contribution in [-0.4, -0.2) is 35.9 Å². The van der Waals surface area contributed by atoms with Crippen LogP contribution in [0, 0.1) is 11.7 Å². The summed E-state index contributed by atoms with van der Waals surface area (Å²) in [5.74, 6) is -0.121. The highest BCUT2D eigenvalue weighted by Gasteiger charge is 2.31. The molecule has 0 heterocycles. The van der Waals surface area contributed by atoms with Crippen LogP contribution in [0.4, 0.5) is 4.39 Å². The maximum absolute atomic E-state index is 13.6. The third-order valence-electron chi connectivity index (χ3n) is 5.98. The molecule has 0 aliphatic carbocycles. The second kappa shape index (κ2) is 13.9. The molecular formula is C30H34BrFN2O3. The lowest BCUT2D eigenvalue weighted by molar-refractivity contribution is -0.142. The molecule has 3 aromatic carbocycles. The summed E-state index contributed by atoms with van der Waals surface area (Å²) in [6.45, 7) is 6.50. The number of nitrogens with zero attached hydrogens (tertiary/aromatic N) is 1. The molecule has 0 unspecified atom stereocenters. The SMILES string of the molecule is CCc1ccc(OCC(=O)N(Cc2ccc(F)cc2)[C@H](Cc2ccccc2)C(=O)NCC(C)C)c(Br)c1. The van der Waals surface area contributed by atoms with E-state index in [9.17, 15) is 14.0 Å². The molecule has 2 amide bonds. The molecule has 0 aliphatic rings. The zero-order chi connectivity index (χ0) is 26.8. The summed E-state index contributed by atoms with van der Waals surface area (Å²) in [7, 11) is 0. The summed E-state index contributed by atoms with van der Waals surface area (Å²) in [6.07, 6.45) is 1.22. The van der Waals surface area contributed by atoms with Crippen LogP contribution in [0.2, 0.25) is 0 Å². The van der Waals surface area contributed by atoms with Crippen LogP contribution in [0.5, 0.6) is 5.75 Å². The average molecular weight is 570 g/mol. The van der Waals surface area contributed by atoms with Crippen LogP contribution in [0.25, 0.3) is 0 Å². The molecule has 1 N–H and O–H groups in total. The van der Waals surface area contributed by atoms with Gasteiger partial charge in [0.15, 0.2) is 6.61 Å². The van der Waals surface area contributed by atoms with Gasteiger partial charge in [0, 0.05) is 19.5 Å². The van der Waals surface area contributed by atoms with Gasteiger partial charge in [-0.1, -0.05) is 69.3 Å². The Bertz CT molecular complexity index is 1170. The first-order valence-corrected chi connectivity index (χ1v) is 13.3. The third kappa shape index (κ3) is 8.71. The van der Waals surface area contributed by atoms with Gasteiger partial charge in [0.25, 0.3) is 5.91 Å². The van der Waals surface area contributed by atoms with Gasteiger partial charge in [0.05, 0.1) is 4.47 Å². The zero-order valence-corrected chi connectivity index (χ0v) is 23.1. The van der Waals surface area contributed by atoms with Crippen molar-refractivity contribution in [3.63, 3.8) is 0 Å². The van der Waals surface area contributed by atoms with Crippen molar-refractivity contribution >= 4 is 27.7 Å². The molecule has 0 bridgehead atoms. The smallest absolute Gasteiger partial charge is 0.261 e. The third-order valence-corrected chi connectivity index (χ3v) is 6.60. The summed E-state index contributed by atoms with van der Waals surface area (Å²) < 4.78 is 20.2. The highest BCUT2D eigenvalue weighted by atomic mass is 79.9. The average Bonchev–Trinajstić information content (AvgIpc) is 2.90. The highest BCUT2D eigenvalue weighted by molar-refractivity contribution is 9.10. The summed E-state index contributed by atoms with van der Waals surface area (Å²) >= 11 is 3.52. The molecule has 0 aliphatic heterocycles. The van der Waals surface area contributed by atoms with Crippen molar-refractivity contribution < 1.29 is 18.7 Å². The number of carbonyl (C=O) groups excluding carboxylic acids is 2. The van der Waals surface area contributed by atoms with E-state index >= 15 is 0 Å². The van der Waals surface area contributed by atoms with Crippen LogP contribution < -0.4 is 10.1 Å². The molecule has 7 heteroatoms. The number of halogens is 2. The van der Waals surface area contributed by atoms with E-state index in [1.165, 1.54) is 17.0 Å². The second-order valence-electron chi connectivity index (χ2n) is 9.40. The molecule has 1 atom stereocenters. The van der Waals surface area contributed by atoms with Crippen molar-refractivity contribution in [2.24, 2.45) is 5.92 Å². The first kappa shape index (κ1) is 28.4. The fourth-order valence-corrected chi connectivity index (χ4v) is 4.41. The van der Waals surface area contributed by atoms with Gasteiger partial charge in [0.2, 0.25) is 5.91 Å². The number of amides is 2. The van der Waals surface area contributed by atoms with Crippen molar-refractivity contribution in [3.05, 3.63) is 99.8 Å². The Balaban J connectivity index is 1.89. The van der Waals surface area contributed by atoms with Gasteiger partial charge in [-0.25, -0.2) is 4.39 Å². The first-order valence-electron chi connectivity index (χ1n) is 12.5. The Labute approximate surface area is 227 Å². The van der Waals surface area contributed by atoms with Crippen LogP contribution in [0.1, 0.15) is 37.5 Å². The Morgan fingerprint density at radius 2 is 1.65 bits per heavy atom. The molecule has 0 fully saturated rings. The van der Waals surface area contributed by atoms with E-state index in [4.69, 9.17) is 4.74 Å². The Morgan fingerprint density at radius 1 is 0.973 bits per heavy atom. The van der Waals surface area contributed by atoms with Crippen molar-refractivity contribution in [2.45, 2.75) is 46.2 Å². The van der Waals surface area contributed by atoms with Crippen molar-refractivity contribution in [2.75, 3.05) is 13.2 Å². The summed E-state index contributed by atoms with van der Waals surface area (Å²) in [5, 5.41) is 2.99. The van der Waals surface area contributed by atoms with Gasteiger partial charge >= 0.3 is 0 Å². The molecule has 0 saturated carbocycles. The lowest BCUT2D eigenvalue weighted by atomic mass is 10.0. The molecule has 3 rings (SSSR count). The quantitative estimate of drug-likeness (QED) is 0.294. The summed E-state index contributed by atoms with van der Waals surface area (Å²) in [6, 6.07) is 20.5. The van der Waals surface area contributed by atoms with Gasteiger partial charge in [-0.15, -0.1) is 0 Å². The molecule has 0 saturated heterocycles. The highest BCUT2D eigenvalue weighted by Crippen LogP contribution is 2.26. The van der Waals surface area contributed by atoms with E-state index in [1.54, 1.807) is 12.1 Å².